The van der Waals surface area contributed by atoms with E-state index in [9.17, 15) is 33.6 Å². The van der Waals surface area contributed by atoms with Gasteiger partial charge in [-0.2, -0.15) is 0 Å². The molecule has 15 nitrogen and oxygen atoms in total. The molecule has 7 atom stereocenters. The molecule has 4 fully saturated rings. The Kier molecular flexibility index (Phi) is 13.8. The van der Waals surface area contributed by atoms with Crippen molar-refractivity contribution in [1.82, 2.24) is 36.0 Å². The molecule has 2 aromatic carbocycles. The Morgan fingerprint density at radius 1 is 0.772 bits per heavy atom. The monoisotopic (exact) mass is 785 g/mol. The van der Waals surface area contributed by atoms with Crippen molar-refractivity contribution in [3.8, 4) is 0 Å². The Balaban J connectivity index is 1.27. The number of fused-ring (bicyclic) bond motifs is 3. The molecule has 0 bridgehead atoms. The fourth-order valence-electron chi connectivity index (χ4n) is 8.39. The lowest BCUT2D eigenvalue weighted by Gasteiger charge is -2.42. The van der Waals surface area contributed by atoms with Crippen molar-refractivity contribution >= 4 is 41.5 Å². The van der Waals surface area contributed by atoms with Gasteiger partial charge in [-0.05, 0) is 75.3 Å². The molecule has 57 heavy (non-hydrogen) atoms. The summed E-state index contributed by atoms with van der Waals surface area (Å²) in [6, 6.07) is 12.0. The molecule has 15 heteroatoms. The summed E-state index contributed by atoms with van der Waals surface area (Å²) in [5, 5.41) is 11.2. The van der Waals surface area contributed by atoms with Gasteiger partial charge in [0.15, 0.2) is 0 Å². The summed E-state index contributed by atoms with van der Waals surface area (Å²) in [5.74, 6) is -3.38. The first-order chi connectivity index (χ1) is 27.5. The number of carbonyl (C=O) groups excluding carboxylic acids is 7. The molecule has 0 aromatic heterocycles. The van der Waals surface area contributed by atoms with Gasteiger partial charge < -0.3 is 40.7 Å². The second-order valence-electron chi connectivity index (χ2n) is 15.7. The number of piperidine rings is 2. The van der Waals surface area contributed by atoms with Crippen molar-refractivity contribution in [3.05, 3.63) is 71.8 Å². The maximum Gasteiger partial charge on any atom is 0.328 e. The Morgan fingerprint density at radius 3 is 2.09 bits per heavy atom. The number of cyclic esters (lactones) is 1. The predicted octanol–water partition coefficient (Wildman–Crippen LogP) is 1.69. The number of hydrogen-bond acceptors (Lipinski definition) is 8. The van der Waals surface area contributed by atoms with Gasteiger partial charge >= 0.3 is 12.0 Å². The molecule has 0 aliphatic carbocycles. The predicted molar refractivity (Wildman–Crippen MR) is 209 cm³/mol. The maximum atomic E-state index is 14.6. The fourth-order valence-corrected chi connectivity index (χ4v) is 8.39. The second-order valence-corrected chi connectivity index (χ2v) is 15.7. The summed E-state index contributed by atoms with van der Waals surface area (Å²) in [5.41, 5.74) is 1.79. The van der Waals surface area contributed by atoms with Crippen LogP contribution in [0.5, 0.6) is 0 Å². The maximum absolute atomic E-state index is 14.6. The number of carbonyl (C=O) groups is 7. The van der Waals surface area contributed by atoms with E-state index in [2.05, 4.69) is 21.3 Å². The molecule has 2 aromatic rings. The van der Waals surface area contributed by atoms with Crippen LogP contribution in [0.2, 0.25) is 0 Å². The molecular weight excluding hydrogens is 731 g/mol. The summed E-state index contributed by atoms with van der Waals surface area (Å²) in [4.78, 5) is 102. The first-order valence-electron chi connectivity index (χ1n) is 20.3. The van der Waals surface area contributed by atoms with Crippen LogP contribution in [0.25, 0.3) is 0 Å². The van der Waals surface area contributed by atoms with Crippen molar-refractivity contribution in [1.29, 1.82) is 0 Å². The Bertz CT molecular complexity index is 1780. The number of rotatable bonds is 8. The number of ether oxygens (including phenoxy) is 1. The van der Waals surface area contributed by atoms with E-state index in [1.807, 2.05) is 67.6 Å². The van der Waals surface area contributed by atoms with Crippen molar-refractivity contribution in [2.45, 2.75) is 108 Å². The van der Waals surface area contributed by atoms with Crippen LogP contribution >= 0.6 is 0 Å². The van der Waals surface area contributed by atoms with Crippen LogP contribution < -0.4 is 21.3 Å². The van der Waals surface area contributed by atoms with E-state index in [1.165, 1.54) is 14.7 Å². The quantitative estimate of drug-likeness (QED) is 0.291. The molecule has 0 radical (unpaired) electrons. The van der Waals surface area contributed by atoms with Crippen LogP contribution in [0, 0.1) is 5.92 Å². The minimum Gasteiger partial charge on any atom is -0.461 e. The van der Waals surface area contributed by atoms with E-state index < -0.39 is 78.5 Å². The summed E-state index contributed by atoms with van der Waals surface area (Å²) in [6.07, 6.45) is 4.41. The molecule has 4 aliphatic rings. The third kappa shape index (κ3) is 10.3. The van der Waals surface area contributed by atoms with Crippen molar-refractivity contribution < 1.29 is 38.3 Å². The highest BCUT2D eigenvalue weighted by Crippen LogP contribution is 2.28. The van der Waals surface area contributed by atoms with E-state index in [-0.39, 0.29) is 31.3 Å². The highest BCUT2D eigenvalue weighted by molar-refractivity contribution is 5.97. The Morgan fingerprint density at radius 2 is 1.40 bits per heavy atom. The van der Waals surface area contributed by atoms with Crippen LogP contribution in [-0.2, 0) is 46.3 Å². The number of urea groups is 1. The lowest BCUT2D eigenvalue weighted by atomic mass is 9.95. The molecule has 0 saturated carbocycles. The SMILES string of the molecule is C[C@@H]1C[C@H]2C(=O)OC[C@H](NC(=O)[C@H](Cc3ccccc3)NC(=O)NCCc3ccccc3)C(=O)N3CCCC[C@H]3C(=O)N3CCCC[C@H]3C(=O)N[C@@H](C)C(=O)N2C1. The average molecular weight is 786 g/mol. The Hall–Kier alpha value is -5.47. The van der Waals surface area contributed by atoms with Gasteiger partial charge in [-0.3, -0.25) is 24.0 Å². The zero-order chi connectivity index (χ0) is 40.5. The fraction of sp³-hybridized carbons (Fsp3) is 0.548. The van der Waals surface area contributed by atoms with Crippen molar-refractivity contribution in [3.63, 3.8) is 0 Å². The third-order valence-corrected chi connectivity index (χ3v) is 11.4. The van der Waals surface area contributed by atoms with Crippen LogP contribution in [0.15, 0.2) is 60.7 Å². The minimum absolute atomic E-state index is 0.0437. The highest BCUT2D eigenvalue weighted by atomic mass is 16.5. The van der Waals surface area contributed by atoms with Crippen molar-refractivity contribution in [2.75, 3.05) is 32.8 Å². The largest absolute Gasteiger partial charge is 0.461 e. The second kappa shape index (κ2) is 19.1. The zero-order valence-corrected chi connectivity index (χ0v) is 32.8. The lowest BCUT2D eigenvalue weighted by Crippen LogP contribution is -2.64. The molecule has 4 heterocycles. The molecule has 0 unspecified atom stereocenters. The van der Waals surface area contributed by atoms with Gasteiger partial charge in [0, 0.05) is 32.6 Å². The number of amides is 7. The van der Waals surface area contributed by atoms with Crippen LogP contribution in [-0.4, -0.2) is 125 Å². The van der Waals surface area contributed by atoms with E-state index in [1.54, 1.807) is 6.92 Å². The van der Waals surface area contributed by atoms with Gasteiger partial charge in [-0.25, -0.2) is 9.59 Å². The molecule has 4 aliphatic heterocycles. The van der Waals surface area contributed by atoms with E-state index in [0.717, 1.165) is 11.1 Å². The molecule has 6 rings (SSSR count). The molecule has 4 N–H and O–H groups in total. The first kappa shape index (κ1) is 41.2. The van der Waals surface area contributed by atoms with E-state index >= 15 is 0 Å². The normalized spacial score (nSPS) is 26.6. The summed E-state index contributed by atoms with van der Waals surface area (Å²) in [7, 11) is 0. The molecule has 306 valence electrons. The van der Waals surface area contributed by atoms with Crippen LogP contribution in [0.1, 0.15) is 69.9 Å². The van der Waals surface area contributed by atoms with Gasteiger partial charge in [0.2, 0.25) is 29.5 Å². The van der Waals surface area contributed by atoms with Gasteiger partial charge in [0.05, 0.1) is 0 Å². The topological polar surface area (TPSA) is 187 Å². The Labute approximate surface area is 333 Å². The lowest BCUT2D eigenvalue weighted by molar-refractivity contribution is -0.160. The number of nitrogens with one attached hydrogen (secondary N) is 4. The number of nitrogens with zero attached hydrogens (tertiary/aromatic N) is 3. The van der Waals surface area contributed by atoms with Crippen molar-refractivity contribution in [2.24, 2.45) is 5.92 Å². The van der Waals surface area contributed by atoms with Crippen LogP contribution in [0.4, 0.5) is 4.79 Å². The van der Waals surface area contributed by atoms with Gasteiger partial charge in [-0.15, -0.1) is 0 Å². The van der Waals surface area contributed by atoms with Gasteiger partial charge in [0.25, 0.3) is 0 Å². The number of esters is 1. The smallest absolute Gasteiger partial charge is 0.328 e. The average Bonchev–Trinajstić information content (AvgIpc) is 3.62. The molecule has 7 amide bonds. The first-order valence-corrected chi connectivity index (χ1v) is 20.3. The van der Waals surface area contributed by atoms with Crippen LogP contribution in [0.3, 0.4) is 0 Å². The molecule has 4 saturated heterocycles. The van der Waals surface area contributed by atoms with Gasteiger partial charge in [0.1, 0.15) is 42.9 Å². The number of benzene rings is 2. The zero-order valence-electron chi connectivity index (χ0n) is 32.8. The standard InChI is InChI=1S/C42H55N7O8/c1-27-23-35-41(55)57-26-32(45-36(50)31(24-30-15-7-4-8-16-30)46-42(56)43-20-19-29-13-5-3-6-14-29)39(53)48-22-12-10-18-34(48)40(54)47-21-11-9-17-33(47)37(51)44-28(2)38(52)49(35)25-27/h3-8,13-16,27-28,31-35H,9-12,17-26H2,1-2H3,(H,44,51)(H,45,50)(H2,43,46,56)/t27-,28+,31+,32+,33+,34+,35+/m1/s1. The summed E-state index contributed by atoms with van der Waals surface area (Å²) < 4.78 is 5.78. The number of hydrogen-bond donors (Lipinski definition) is 4. The molecular formula is C42H55N7O8. The van der Waals surface area contributed by atoms with E-state index in [0.29, 0.717) is 64.5 Å². The highest BCUT2D eigenvalue weighted by Gasteiger charge is 2.45. The molecule has 0 spiro atoms. The third-order valence-electron chi connectivity index (χ3n) is 11.4. The van der Waals surface area contributed by atoms with Gasteiger partial charge in [-0.1, -0.05) is 67.6 Å². The summed E-state index contributed by atoms with van der Waals surface area (Å²) >= 11 is 0. The minimum atomic E-state index is -1.42. The summed E-state index contributed by atoms with van der Waals surface area (Å²) in [6.45, 7) is 4.03. The van der Waals surface area contributed by atoms with E-state index in [4.69, 9.17) is 4.74 Å².